The SMILES string of the molecule is CC(c1ccc(F)cc1)N(C)C(=O)CCc1cnn(-c2ccccc2)c1. The second-order valence-corrected chi connectivity index (χ2v) is 6.36. The molecule has 0 saturated heterocycles. The molecule has 1 heterocycles. The van der Waals surface area contributed by atoms with E-state index >= 15 is 0 Å². The average molecular weight is 351 g/mol. The lowest BCUT2D eigenvalue weighted by molar-refractivity contribution is -0.131. The Balaban J connectivity index is 1.58. The summed E-state index contributed by atoms with van der Waals surface area (Å²) in [6, 6.07) is 16.0. The Morgan fingerprint density at radius 2 is 1.85 bits per heavy atom. The Morgan fingerprint density at radius 3 is 2.54 bits per heavy atom. The Bertz CT molecular complexity index is 858. The van der Waals surface area contributed by atoms with Gasteiger partial charge in [0, 0.05) is 19.7 Å². The zero-order valence-electron chi connectivity index (χ0n) is 15.0. The minimum atomic E-state index is -0.273. The molecule has 1 aromatic heterocycles. The molecule has 4 nitrogen and oxygen atoms in total. The van der Waals surface area contributed by atoms with Crippen LogP contribution in [0.3, 0.4) is 0 Å². The van der Waals surface area contributed by atoms with Crippen LogP contribution in [0.4, 0.5) is 4.39 Å². The predicted octanol–water partition coefficient (Wildman–Crippen LogP) is 4.16. The van der Waals surface area contributed by atoms with Gasteiger partial charge >= 0.3 is 0 Å². The van der Waals surface area contributed by atoms with Crippen LogP contribution in [0.5, 0.6) is 0 Å². The van der Waals surface area contributed by atoms with Crippen LogP contribution in [0.1, 0.15) is 30.5 Å². The number of carbonyl (C=O) groups excluding carboxylic acids is 1. The van der Waals surface area contributed by atoms with Gasteiger partial charge in [0.25, 0.3) is 0 Å². The van der Waals surface area contributed by atoms with Gasteiger partial charge in [0.1, 0.15) is 5.82 Å². The molecule has 0 aliphatic carbocycles. The maximum Gasteiger partial charge on any atom is 0.223 e. The molecule has 0 saturated carbocycles. The van der Waals surface area contributed by atoms with E-state index in [-0.39, 0.29) is 17.8 Å². The molecule has 26 heavy (non-hydrogen) atoms. The molecule has 0 radical (unpaired) electrons. The topological polar surface area (TPSA) is 38.1 Å². The van der Waals surface area contributed by atoms with Crippen LogP contribution in [-0.4, -0.2) is 27.6 Å². The summed E-state index contributed by atoms with van der Waals surface area (Å²) in [6.45, 7) is 1.94. The van der Waals surface area contributed by atoms with Crippen molar-refractivity contribution in [3.05, 3.63) is 83.9 Å². The Hall–Kier alpha value is -2.95. The first kappa shape index (κ1) is 17.9. The van der Waals surface area contributed by atoms with E-state index in [4.69, 9.17) is 0 Å². The van der Waals surface area contributed by atoms with Crippen molar-refractivity contribution in [2.24, 2.45) is 0 Å². The fourth-order valence-corrected chi connectivity index (χ4v) is 2.82. The number of amides is 1. The van der Waals surface area contributed by atoms with E-state index in [2.05, 4.69) is 5.10 Å². The van der Waals surface area contributed by atoms with Crippen molar-refractivity contribution in [3.63, 3.8) is 0 Å². The second-order valence-electron chi connectivity index (χ2n) is 6.36. The standard InChI is InChI=1S/C21H22FN3O/c1-16(18-9-11-19(22)12-10-18)24(2)21(26)13-8-17-14-23-25(15-17)20-6-4-3-5-7-20/h3-7,9-12,14-16H,8,13H2,1-2H3. The Morgan fingerprint density at radius 1 is 1.15 bits per heavy atom. The van der Waals surface area contributed by atoms with E-state index in [1.807, 2.05) is 48.1 Å². The highest BCUT2D eigenvalue weighted by Gasteiger charge is 2.17. The fraction of sp³-hybridized carbons (Fsp3) is 0.238. The molecule has 0 bridgehead atoms. The summed E-state index contributed by atoms with van der Waals surface area (Å²) < 4.78 is 14.9. The molecule has 1 amide bonds. The van der Waals surface area contributed by atoms with Crippen molar-refractivity contribution in [1.29, 1.82) is 0 Å². The average Bonchev–Trinajstić information content (AvgIpc) is 3.15. The minimum absolute atomic E-state index is 0.0503. The van der Waals surface area contributed by atoms with Gasteiger partial charge in [-0.05, 0) is 48.7 Å². The fourth-order valence-electron chi connectivity index (χ4n) is 2.82. The van der Waals surface area contributed by atoms with Crippen LogP contribution in [-0.2, 0) is 11.2 Å². The zero-order valence-corrected chi connectivity index (χ0v) is 15.0. The minimum Gasteiger partial charge on any atom is -0.339 e. The number of halogens is 1. The molecule has 0 N–H and O–H groups in total. The van der Waals surface area contributed by atoms with Crippen LogP contribution in [0, 0.1) is 5.82 Å². The summed E-state index contributed by atoms with van der Waals surface area (Å²) in [5, 5.41) is 4.36. The highest BCUT2D eigenvalue weighted by Crippen LogP contribution is 2.20. The van der Waals surface area contributed by atoms with Crippen LogP contribution in [0.25, 0.3) is 5.69 Å². The van der Waals surface area contributed by atoms with E-state index in [0.717, 1.165) is 16.8 Å². The molecule has 134 valence electrons. The lowest BCUT2D eigenvalue weighted by Gasteiger charge is -2.25. The number of para-hydroxylation sites is 1. The molecule has 3 aromatic rings. The van der Waals surface area contributed by atoms with Crippen LogP contribution in [0.2, 0.25) is 0 Å². The van der Waals surface area contributed by atoms with E-state index < -0.39 is 0 Å². The predicted molar refractivity (Wildman–Crippen MR) is 99.5 cm³/mol. The third-order valence-corrected chi connectivity index (χ3v) is 4.61. The molecule has 0 spiro atoms. The molecule has 1 atom stereocenters. The van der Waals surface area contributed by atoms with Gasteiger partial charge in [0.2, 0.25) is 5.91 Å². The quantitative estimate of drug-likeness (QED) is 0.669. The summed E-state index contributed by atoms with van der Waals surface area (Å²) in [6.07, 6.45) is 4.78. The maximum absolute atomic E-state index is 13.1. The molecule has 0 fully saturated rings. The molecule has 1 unspecified atom stereocenters. The van der Waals surface area contributed by atoms with Gasteiger partial charge in [0.15, 0.2) is 0 Å². The van der Waals surface area contributed by atoms with Crippen molar-refractivity contribution in [3.8, 4) is 5.69 Å². The molecular weight excluding hydrogens is 329 g/mol. The number of benzene rings is 2. The largest absolute Gasteiger partial charge is 0.339 e. The highest BCUT2D eigenvalue weighted by molar-refractivity contribution is 5.76. The number of aryl methyl sites for hydroxylation is 1. The molecule has 2 aromatic carbocycles. The number of aromatic nitrogens is 2. The number of carbonyl (C=O) groups is 1. The van der Waals surface area contributed by atoms with Crippen molar-refractivity contribution in [1.82, 2.24) is 14.7 Å². The van der Waals surface area contributed by atoms with Gasteiger partial charge in [-0.15, -0.1) is 0 Å². The first-order valence-electron chi connectivity index (χ1n) is 8.64. The van der Waals surface area contributed by atoms with E-state index in [1.54, 1.807) is 30.3 Å². The summed E-state index contributed by atoms with van der Waals surface area (Å²) in [7, 11) is 1.78. The third-order valence-electron chi connectivity index (χ3n) is 4.61. The third kappa shape index (κ3) is 4.17. The first-order chi connectivity index (χ1) is 12.5. The molecular formula is C21H22FN3O. The molecule has 5 heteroatoms. The smallest absolute Gasteiger partial charge is 0.223 e. The van der Waals surface area contributed by atoms with E-state index in [0.29, 0.717) is 12.8 Å². The monoisotopic (exact) mass is 351 g/mol. The Kier molecular flexibility index (Phi) is 5.46. The normalized spacial score (nSPS) is 12.0. The highest BCUT2D eigenvalue weighted by atomic mass is 19.1. The molecule has 3 rings (SSSR count). The van der Waals surface area contributed by atoms with Crippen LogP contribution >= 0.6 is 0 Å². The van der Waals surface area contributed by atoms with Gasteiger partial charge in [-0.1, -0.05) is 30.3 Å². The first-order valence-corrected chi connectivity index (χ1v) is 8.64. The molecule has 0 aliphatic rings. The van der Waals surface area contributed by atoms with Crippen molar-refractivity contribution >= 4 is 5.91 Å². The summed E-state index contributed by atoms with van der Waals surface area (Å²) in [5.74, 6) is -0.223. The lowest BCUT2D eigenvalue weighted by Crippen LogP contribution is -2.29. The zero-order chi connectivity index (χ0) is 18.5. The maximum atomic E-state index is 13.1. The number of hydrogen-bond donors (Lipinski definition) is 0. The summed E-state index contributed by atoms with van der Waals surface area (Å²) in [5.41, 5.74) is 2.93. The van der Waals surface area contributed by atoms with Gasteiger partial charge < -0.3 is 4.90 Å². The van der Waals surface area contributed by atoms with Crippen LogP contribution in [0.15, 0.2) is 67.0 Å². The number of rotatable bonds is 6. The van der Waals surface area contributed by atoms with Crippen molar-refractivity contribution < 1.29 is 9.18 Å². The van der Waals surface area contributed by atoms with Gasteiger partial charge in [-0.25, -0.2) is 9.07 Å². The lowest BCUT2D eigenvalue weighted by atomic mass is 10.1. The van der Waals surface area contributed by atoms with Gasteiger partial charge in [-0.3, -0.25) is 4.79 Å². The number of hydrogen-bond acceptors (Lipinski definition) is 2. The molecule has 0 aliphatic heterocycles. The van der Waals surface area contributed by atoms with Crippen LogP contribution < -0.4 is 0 Å². The van der Waals surface area contributed by atoms with E-state index in [9.17, 15) is 9.18 Å². The summed E-state index contributed by atoms with van der Waals surface area (Å²) >= 11 is 0. The second kappa shape index (κ2) is 7.95. The van der Waals surface area contributed by atoms with Crippen molar-refractivity contribution in [2.75, 3.05) is 7.05 Å². The van der Waals surface area contributed by atoms with E-state index in [1.165, 1.54) is 12.1 Å². The van der Waals surface area contributed by atoms with Gasteiger partial charge in [0.05, 0.1) is 17.9 Å². The van der Waals surface area contributed by atoms with Crippen molar-refractivity contribution in [2.45, 2.75) is 25.8 Å². The Labute approximate surface area is 152 Å². The number of nitrogens with zero attached hydrogens (tertiary/aromatic N) is 3. The van der Waals surface area contributed by atoms with Gasteiger partial charge in [-0.2, -0.15) is 5.10 Å². The summed E-state index contributed by atoms with van der Waals surface area (Å²) in [4.78, 5) is 14.2.